The Balaban J connectivity index is 1.49. The molecular formula is C30H25NO10. The lowest BCUT2D eigenvalue weighted by atomic mass is 10.00. The summed E-state index contributed by atoms with van der Waals surface area (Å²) in [7, 11) is 2.99. The number of hydrogen-bond acceptors (Lipinski definition) is 9. The zero-order valence-corrected chi connectivity index (χ0v) is 22.1. The van der Waals surface area contributed by atoms with E-state index in [1.54, 1.807) is 48.5 Å². The van der Waals surface area contributed by atoms with Crippen LogP contribution in [0.2, 0.25) is 0 Å². The van der Waals surface area contributed by atoms with E-state index < -0.39 is 11.9 Å². The van der Waals surface area contributed by atoms with Gasteiger partial charge in [-0.15, -0.1) is 0 Å². The van der Waals surface area contributed by atoms with Gasteiger partial charge in [-0.25, -0.2) is 9.59 Å². The maximum Gasteiger partial charge on any atom is 0.336 e. The summed E-state index contributed by atoms with van der Waals surface area (Å²) < 4.78 is 33.2. The SMILES string of the molecule is COc1ccc(-c2oncc2/C=C(\Cc2cc3c(cc2OC)OCO3)C(=O)O)c(OCc2ccccc2C(=O)O)c1. The summed E-state index contributed by atoms with van der Waals surface area (Å²) >= 11 is 0. The summed E-state index contributed by atoms with van der Waals surface area (Å²) in [6.45, 7) is 0.0218. The van der Waals surface area contributed by atoms with Crippen molar-refractivity contribution in [1.29, 1.82) is 0 Å². The number of methoxy groups -OCH3 is 2. The summed E-state index contributed by atoms with van der Waals surface area (Å²) in [5, 5.41) is 23.5. The number of nitrogens with zero attached hydrogens (tertiary/aromatic N) is 1. The molecule has 0 amide bonds. The van der Waals surface area contributed by atoms with Gasteiger partial charge in [0.25, 0.3) is 0 Å². The normalized spacial score (nSPS) is 12.2. The van der Waals surface area contributed by atoms with Gasteiger partial charge in [0.15, 0.2) is 17.3 Å². The molecule has 0 spiro atoms. The molecule has 5 rings (SSSR count). The standard InChI is InChI=1S/C30H25NO10/c1-36-21-7-8-23(25(12-21)38-15-17-5-3-4-6-22(17)30(34)35)28-20(14-31-41-28)10-19(29(32)33)9-18-11-26-27(40-16-39-26)13-24(18)37-2/h3-8,10-14H,9,15-16H2,1-2H3,(H,32,33)(H,34,35)/b19-10+. The smallest absolute Gasteiger partial charge is 0.336 e. The topological polar surface area (TPSA) is 147 Å². The zero-order chi connectivity index (χ0) is 28.9. The average Bonchev–Trinajstić information content (AvgIpc) is 3.64. The molecule has 2 heterocycles. The van der Waals surface area contributed by atoms with E-state index in [9.17, 15) is 19.8 Å². The van der Waals surface area contributed by atoms with E-state index >= 15 is 0 Å². The van der Waals surface area contributed by atoms with Gasteiger partial charge in [0.05, 0.1) is 31.5 Å². The van der Waals surface area contributed by atoms with Crippen LogP contribution in [0.1, 0.15) is 27.0 Å². The Morgan fingerprint density at radius 1 is 0.951 bits per heavy atom. The maximum absolute atomic E-state index is 12.3. The molecule has 1 aliphatic heterocycles. The van der Waals surface area contributed by atoms with Crippen LogP contribution in [0.25, 0.3) is 17.4 Å². The van der Waals surface area contributed by atoms with E-state index in [2.05, 4.69) is 5.16 Å². The highest BCUT2D eigenvalue weighted by Gasteiger charge is 2.22. The van der Waals surface area contributed by atoms with Crippen molar-refractivity contribution in [3.63, 3.8) is 0 Å². The van der Waals surface area contributed by atoms with Crippen LogP contribution in [-0.4, -0.2) is 48.3 Å². The first-order valence-corrected chi connectivity index (χ1v) is 12.4. The number of aromatic carboxylic acids is 1. The quantitative estimate of drug-likeness (QED) is 0.237. The molecule has 0 radical (unpaired) electrons. The molecule has 0 fully saturated rings. The van der Waals surface area contributed by atoms with Crippen molar-refractivity contribution in [3.05, 3.63) is 88.6 Å². The van der Waals surface area contributed by atoms with Gasteiger partial charge in [0.2, 0.25) is 6.79 Å². The first kappa shape index (κ1) is 27.1. The predicted octanol–water partition coefficient (Wildman–Crippen LogP) is 5.08. The number of benzene rings is 3. The summed E-state index contributed by atoms with van der Waals surface area (Å²) in [6.07, 6.45) is 2.88. The third-order valence-electron chi connectivity index (χ3n) is 6.42. The summed E-state index contributed by atoms with van der Waals surface area (Å²) in [5.74, 6) is 0.334. The molecule has 0 bridgehead atoms. The fourth-order valence-corrected chi connectivity index (χ4v) is 4.38. The first-order chi connectivity index (χ1) is 19.9. The van der Waals surface area contributed by atoms with Gasteiger partial charge >= 0.3 is 11.9 Å². The van der Waals surface area contributed by atoms with Gasteiger partial charge in [-0.3, -0.25) is 0 Å². The first-order valence-electron chi connectivity index (χ1n) is 12.4. The lowest BCUT2D eigenvalue weighted by molar-refractivity contribution is -0.132. The van der Waals surface area contributed by atoms with Crippen LogP contribution >= 0.6 is 0 Å². The predicted molar refractivity (Wildman–Crippen MR) is 145 cm³/mol. The minimum absolute atomic E-state index is 0.0116. The van der Waals surface area contributed by atoms with Crippen molar-refractivity contribution in [3.8, 4) is 40.1 Å². The van der Waals surface area contributed by atoms with Crippen LogP contribution in [0.3, 0.4) is 0 Å². The largest absolute Gasteiger partial charge is 0.497 e. The summed E-state index contributed by atoms with van der Waals surface area (Å²) in [6, 6.07) is 14.9. The number of ether oxygens (including phenoxy) is 5. The second-order valence-corrected chi connectivity index (χ2v) is 8.89. The summed E-state index contributed by atoms with van der Waals surface area (Å²) in [4.78, 5) is 23.9. The zero-order valence-electron chi connectivity index (χ0n) is 22.1. The van der Waals surface area contributed by atoms with Gasteiger partial charge in [-0.2, -0.15) is 0 Å². The molecule has 0 saturated carbocycles. The molecule has 1 aliphatic rings. The van der Waals surface area contributed by atoms with E-state index in [0.717, 1.165) is 0 Å². The number of carboxylic acid groups (broad SMARTS) is 2. The van der Waals surface area contributed by atoms with Crippen molar-refractivity contribution < 1.29 is 48.0 Å². The van der Waals surface area contributed by atoms with E-state index in [1.807, 2.05) is 0 Å². The van der Waals surface area contributed by atoms with E-state index in [4.69, 9.17) is 28.2 Å². The molecule has 0 unspecified atom stereocenters. The maximum atomic E-state index is 12.3. The Bertz CT molecular complexity index is 1640. The molecule has 3 aromatic carbocycles. The van der Waals surface area contributed by atoms with Crippen LogP contribution in [-0.2, 0) is 17.8 Å². The van der Waals surface area contributed by atoms with Crippen molar-refractivity contribution in [2.24, 2.45) is 0 Å². The van der Waals surface area contributed by atoms with E-state index in [-0.39, 0.29) is 36.7 Å². The van der Waals surface area contributed by atoms with Gasteiger partial charge in [0.1, 0.15) is 23.9 Å². The van der Waals surface area contributed by atoms with Gasteiger partial charge < -0.3 is 38.4 Å². The Morgan fingerprint density at radius 3 is 2.46 bits per heavy atom. The second-order valence-electron chi connectivity index (χ2n) is 8.89. The second kappa shape index (κ2) is 11.7. The van der Waals surface area contributed by atoms with Gasteiger partial charge in [-0.1, -0.05) is 23.4 Å². The molecule has 2 N–H and O–H groups in total. The minimum atomic E-state index is -1.15. The molecular weight excluding hydrogens is 534 g/mol. The lowest BCUT2D eigenvalue weighted by Gasteiger charge is -2.13. The molecule has 1 aromatic heterocycles. The van der Waals surface area contributed by atoms with Crippen molar-refractivity contribution in [2.75, 3.05) is 21.0 Å². The van der Waals surface area contributed by atoms with Crippen LogP contribution in [0.15, 0.2) is 70.9 Å². The van der Waals surface area contributed by atoms with Crippen LogP contribution in [0.5, 0.6) is 28.7 Å². The van der Waals surface area contributed by atoms with E-state index in [1.165, 1.54) is 32.6 Å². The monoisotopic (exact) mass is 559 g/mol. The molecule has 0 atom stereocenters. The number of hydrogen-bond donors (Lipinski definition) is 2. The highest BCUT2D eigenvalue weighted by Crippen LogP contribution is 2.40. The molecule has 210 valence electrons. The fourth-order valence-electron chi connectivity index (χ4n) is 4.38. The molecule has 11 nitrogen and oxygen atoms in total. The number of aliphatic carboxylic acids is 1. The average molecular weight is 560 g/mol. The highest BCUT2D eigenvalue weighted by atomic mass is 16.7. The number of aromatic nitrogens is 1. The number of fused-ring (bicyclic) bond motifs is 1. The molecule has 0 aliphatic carbocycles. The fraction of sp³-hybridized carbons (Fsp3) is 0.167. The molecule has 4 aromatic rings. The summed E-state index contributed by atoms with van der Waals surface area (Å²) in [5.41, 5.74) is 2.07. The lowest BCUT2D eigenvalue weighted by Crippen LogP contribution is -2.06. The minimum Gasteiger partial charge on any atom is -0.497 e. The van der Waals surface area contributed by atoms with Crippen LogP contribution < -0.4 is 23.7 Å². The van der Waals surface area contributed by atoms with E-state index in [0.29, 0.717) is 51.0 Å². The van der Waals surface area contributed by atoms with Gasteiger partial charge in [-0.05, 0) is 30.3 Å². The third-order valence-corrected chi connectivity index (χ3v) is 6.42. The van der Waals surface area contributed by atoms with Crippen LogP contribution in [0, 0.1) is 0 Å². The Morgan fingerprint density at radius 2 is 1.73 bits per heavy atom. The Labute approximate surface area is 234 Å². The molecule has 0 saturated heterocycles. The van der Waals surface area contributed by atoms with Crippen molar-refractivity contribution in [1.82, 2.24) is 5.16 Å². The third kappa shape index (κ3) is 5.78. The van der Waals surface area contributed by atoms with Gasteiger partial charge in [0, 0.05) is 40.8 Å². The van der Waals surface area contributed by atoms with Crippen LogP contribution in [0.4, 0.5) is 0 Å². The number of rotatable bonds is 11. The molecule has 41 heavy (non-hydrogen) atoms. The Hall–Kier alpha value is -5.45. The number of carboxylic acids is 2. The van der Waals surface area contributed by atoms with Crippen molar-refractivity contribution >= 4 is 18.0 Å². The molecule has 11 heteroatoms. The highest BCUT2D eigenvalue weighted by molar-refractivity contribution is 5.94. The number of carbonyl (C=O) groups is 2. The Kier molecular flexibility index (Phi) is 7.77. The van der Waals surface area contributed by atoms with Crippen molar-refractivity contribution in [2.45, 2.75) is 13.0 Å².